The van der Waals surface area contributed by atoms with Gasteiger partial charge in [0, 0.05) is 28.8 Å². The van der Waals surface area contributed by atoms with Crippen LogP contribution in [0.15, 0.2) is 36.4 Å². The highest BCUT2D eigenvalue weighted by molar-refractivity contribution is 5.68. The molecule has 1 aromatic carbocycles. The fraction of sp³-hybridized carbons (Fsp3) is 0.273. The highest BCUT2D eigenvalue weighted by Crippen LogP contribution is 2.42. The average Bonchev–Trinajstić information content (AvgIpc) is 2.72. The number of hydrogen-bond donors (Lipinski definition) is 1. The molecular formula is C22H21FN4O2. The maximum atomic E-state index is 14.1. The normalized spacial score (nSPS) is 18.2. The van der Waals surface area contributed by atoms with Crippen molar-refractivity contribution in [2.75, 3.05) is 12.8 Å². The van der Waals surface area contributed by atoms with Crippen LogP contribution in [0.1, 0.15) is 40.8 Å². The van der Waals surface area contributed by atoms with Crippen LogP contribution in [0.3, 0.4) is 0 Å². The molecule has 3 aromatic rings. The molecular weight excluding hydrogens is 371 g/mol. The predicted molar refractivity (Wildman–Crippen MR) is 107 cm³/mol. The van der Waals surface area contributed by atoms with Crippen molar-refractivity contribution in [2.24, 2.45) is 0 Å². The Labute approximate surface area is 168 Å². The molecule has 0 amide bonds. The summed E-state index contributed by atoms with van der Waals surface area (Å²) in [4.78, 5) is 24.9. The minimum atomic E-state index is -0.348. The van der Waals surface area contributed by atoms with E-state index in [4.69, 9.17) is 10.5 Å². The molecule has 2 unspecified atom stereocenters. The third-order valence-electron chi connectivity index (χ3n) is 5.41. The number of anilines is 1. The number of carbonyl (C=O) groups is 1. The molecule has 0 aliphatic heterocycles. The van der Waals surface area contributed by atoms with E-state index in [1.165, 1.54) is 19.2 Å². The number of ether oxygens (including phenoxy) is 1. The maximum absolute atomic E-state index is 14.1. The van der Waals surface area contributed by atoms with Gasteiger partial charge in [-0.15, -0.1) is 0 Å². The Kier molecular flexibility index (Phi) is 4.96. The van der Waals surface area contributed by atoms with Crippen molar-refractivity contribution >= 4 is 12.2 Å². The third-order valence-corrected chi connectivity index (χ3v) is 5.41. The van der Waals surface area contributed by atoms with Gasteiger partial charge in [0.05, 0.1) is 18.5 Å². The Balaban J connectivity index is 1.82. The quantitative estimate of drug-likeness (QED) is 0.683. The van der Waals surface area contributed by atoms with Crippen molar-refractivity contribution in [1.29, 1.82) is 0 Å². The fourth-order valence-electron chi connectivity index (χ4n) is 4.19. The maximum Gasteiger partial charge on any atom is 0.220 e. The van der Waals surface area contributed by atoms with Crippen molar-refractivity contribution < 1.29 is 13.9 Å². The van der Waals surface area contributed by atoms with Gasteiger partial charge >= 0.3 is 0 Å². The number of aldehydes is 1. The summed E-state index contributed by atoms with van der Waals surface area (Å²) in [5.74, 6) is -0.0663. The summed E-state index contributed by atoms with van der Waals surface area (Å²) in [5.41, 5.74) is 10.4. The van der Waals surface area contributed by atoms with E-state index >= 15 is 0 Å². The van der Waals surface area contributed by atoms with E-state index in [2.05, 4.69) is 15.0 Å². The highest BCUT2D eigenvalue weighted by Gasteiger charge is 2.32. The van der Waals surface area contributed by atoms with Crippen LogP contribution < -0.4 is 10.5 Å². The summed E-state index contributed by atoms with van der Waals surface area (Å²) < 4.78 is 19.3. The molecule has 0 bridgehead atoms. The van der Waals surface area contributed by atoms with Crippen LogP contribution >= 0.6 is 0 Å². The first-order valence-corrected chi connectivity index (χ1v) is 9.39. The van der Waals surface area contributed by atoms with Gasteiger partial charge < -0.3 is 15.3 Å². The molecule has 148 valence electrons. The topological polar surface area (TPSA) is 91.0 Å². The van der Waals surface area contributed by atoms with E-state index in [-0.39, 0.29) is 23.6 Å². The largest absolute Gasteiger partial charge is 0.481 e. The van der Waals surface area contributed by atoms with Crippen LogP contribution in [0, 0.1) is 12.7 Å². The number of halogens is 1. The number of aromatic nitrogens is 3. The van der Waals surface area contributed by atoms with Gasteiger partial charge in [-0.1, -0.05) is 12.1 Å². The Bertz CT molecular complexity index is 1090. The number of methoxy groups -OCH3 is 1. The molecule has 1 aliphatic rings. The fourth-order valence-corrected chi connectivity index (χ4v) is 4.19. The molecule has 2 atom stereocenters. The lowest BCUT2D eigenvalue weighted by molar-refractivity contribution is -0.109. The number of fused-ring (bicyclic) bond motifs is 1. The number of hydrogen-bond acceptors (Lipinski definition) is 6. The summed E-state index contributed by atoms with van der Waals surface area (Å²) in [5, 5.41) is 0. The first kappa shape index (κ1) is 19.0. The lowest BCUT2D eigenvalue weighted by atomic mass is 9.75. The summed E-state index contributed by atoms with van der Waals surface area (Å²) in [6.07, 6.45) is 2.12. The number of pyridine rings is 1. The summed E-state index contributed by atoms with van der Waals surface area (Å²) in [6, 6.07) is 10.0. The van der Waals surface area contributed by atoms with Gasteiger partial charge in [0.2, 0.25) is 11.8 Å². The monoisotopic (exact) mass is 392 g/mol. The van der Waals surface area contributed by atoms with Gasteiger partial charge in [-0.05, 0) is 49.4 Å². The molecule has 1 aliphatic carbocycles. The van der Waals surface area contributed by atoms with Crippen LogP contribution in [0.2, 0.25) is 0 Å². The zero-order valence-corrected chi connectivity index (χ0v) is 16.2. The molecule has 29 heavy (non-hydrogen) atoms. The summed E-state index contributed by atoms with van der Waals surface area (Å²) in [6.45, 7) is 1.84. The van der Waals surface area contributed by atoms with Gasteiger partial charge in [0.25, 0.3) is 0 Å². The minimum absolute atomic E-state index is 0.0324. The Morgan fingerprint density at radius 2 is 2.03 bits per heavy atom. The zero-order chi connectivity index (χ0) is 20.5. The number of carbonyl (C=O) groups excluding carboxylic acids is 1. The van der Waals surface area contributed by atoms with Gasteiger partial charge in [0.15, 0.2) is 0 Å². The molecule has 2 heterocycles. The van der Waals surface area contributed by atoms with E-state index in [0.717, 1.165) is 28.8 Å². The van der Waals surface area contributed by atoms with E-state index in [1.54, 1.807) is 12.1 Å². The van der Waals surface area contributed by atoms with Crippen molar-refractivity contribution in [1.82, 2.24) is 15.0 Å². The Morgan fingerprint density at radius 3 is 2.79 bits per heavy atom. The minimum Gasteiger partial charge on any atom is -0.481 e. The van der Waals surface area contributed by atoms with E-state index in [1.807, 2.05) is 19.1 Å². The molecule has 2 N–H and O–H groups in total. The lowest BCUT2D eigenvalue weighted by Gasteiger charge is -2.30. The van der Waals surface area contributed by atoms with Crippen molar-refractivity contribution in [3.63, 3.8) is 0 Å². The van der Waals surface area contributed by atoms with Crippen molar-refractivity contribution in [2.45, 2.75) is 31.6 Å². The first-order valence-electron chi connectivity index (χ1n) is 9.39. The number of rotatable bonds is 4. The number of nitrogens with two attached hydrogens (primary N) is 1. The van der Waals surface area contributed by atoms with Gasteiger partial charge in [-0.3, -0.25) is 0 Å². The lowest BCUT2D eigenvalue weighted by Crippen LogP contribution is -2.23. The number of benzene rings is 1. The Hall–Kier alpha value is -3.35. The first-order chi connectivity index (χ1) is 14.0. The smallest absolute Gasteiger partial charge is 0.220 e. The average molecular weight is 392 g/mol. The standard InChI is InChI=1S/C22H21FN4O2/c1-12-21-14(11-28)8-13(9-19(21)27-22(24)25-12)16-7-6-15(23)10-17(16)18-4-3-5-20(26-18)29-2/h3-7,10-11,13-14H,8-9H2,1-2H3,(H2,24,25,27). The second-order valence-electron chi connectivity index (χ2n) is 7.20. The zero-order valence-electron chi connectivity index (χ0n) is 16.2. The van der Waals surface area contributed by atoms with Gasteiger partial charge in [-0.25, -0.2) is 19.3 Å². The molecule has 0 saturated heterocycles. The van der Waals surface area contributed by atoms with E-state index in [0.29, 0.717) is 30.0 Å². The SMILES string of the molecule is COc1cccc(-c2cc(F)ccc2C2Cc3nc(N)nc(C)c3C(C=O)C2)n1. The van der Waals surface area contributed by atoms with Crippen LogP contribution in [0.25, 0.3) is 11.3 Å². The van der Waals surface area contributed by atoms with E-state index in [9.17, 15) is 9.18 Å². The third kappa shape index (κ3) is 3.55. The second kappa shape index (κ2) is 7.58. The molecule has 0 spiro atoms. The Morgan fingerprint density at radius 1 is 1.21 bits per heavy atom. The molecule has 4 rings (SSSR count). The number of aryl methyl sites for hydroxylation is 1. The van der Waals surface area contributed by atoms with Crippen LogP contribution in [0.5, 0.6) is 5.88 Å². The molecule has 2 aromatic heterocycles. The number of nitrogens with zero attached hydrogens (tertiary/aromatic N) is 3. The van der Waals surface area contributed by atoms with E-state index < -0.39 is 0 Å². The predicted octanol–water partition coefficient (Wildman–Crippen LogP) is 3.59. The summed E-state index contributed by atoms with van der Waals surface area (Å²) in [7, 11) is 1.54. The molecule has 0 radical (unpaired) electrons. The van der Waals surface area contributed by atoms with Crippen molar-refractivity contribution in [3.8, 4) is 17.1 Å². The molecule has 0 saturated carbocycles. The van der Waals surface area contributed by atoms with Crippen LogP contribution in [-0.2, 0) is 11.2 Å². The highest BCUT2D eigenvalue weighted by atomic mass is 19.1. The van der Waals surface area contributed by atoms with Gasteiger partial charge in [0.1, 0.15) is 12.1 Å². The van der Waals surface area contributed by atoms with Crippen LogP contribution in [-0.4, -0.2) is 28.3 Å². The summed E-state index contributed by atoms with van der Waals surface area (Å²) >= 11 is 0. The van der Waals surface area contributed by atoms with Gasteiger partial charge in [-0.2, -0.15) is 0 Å². The van der Waals surface area contributed by atoms with Crippen molar-refractivity contribution in [3.05, 3.63) is 64.7 Å². The molecule has 6 nitrogen and oxygen atoms in total. The van der Waals surface area contributed by atoms with Crippen LogP contribution in [0.4, 0.5) is 10.3 Å². The molecule has 7 heteroatoms. The second-order valence-corrected chi connectivity index (χ2v) is 7.20. The number of nitrogen functional groups attached to an aromatic ring is 1. The molecule has 0 fully saturated rings.